The van der Waals surface area contributed by atoms with Crippen molar-refractivity contribution in [1.29, 1.82) is 0 Å². The second-order valence-electron chi connectivity index (χ2n) is 6.96. The first-order valence-corrected chi connectivity index (χ1v) is 8.89. The van der Waals surface area contributed by atoms with E-state index in [1.54, 1.807) is 7.11 Å². The van der Waals surface area contributed by atoms with Gasteiger partial charge in [-0.05, 0) is 63.0 Å². The molecule has 0 bridgehead atoms. The minimum Gasteiger partial charge on any atom is -0.491 e. The van der Waals surface area contributed by atoms with Crippen molar-refractivity contribution in [1.82, 2.24) is 9.80 Å². The number of hydrogen-bond acceptors (Lipinski definition) is 4. The van der Waals surface area contributed by atoms with E-state index < -0.39 is 0 Å². The zero-order chi connectivity index (χ0) is 16.1. The number of benzene rings is 1. The topological polar surface area (TPSA) is 24.9 Å². The average molecular weight is 318 g/mol. The molecule has 23 heavy (non-hydrogen) atoms. The predicted octanol–water partition coefficient (Wildman–Crippen LogP) is 2.63. The molecule has 3 rings (SSSR count). The number of fused-ring (bicyclic) bond motifs is 1. The van der Waals surface area contributed by atoms with E-state index in [2.05, 4.69) is 41.1 Å². The molecule has 1 aromatic carbocycles. The first-order valence-electron chi connectivity index (χ1n) is 8.89. The smallest absolute Gasteiger partial charge is 0.119 e. The average Bonchev–Trinajstić information content (AvgIpc) is 2.57. The molecule has 0 amide bonds. The second-order valence-corrected chi connectivity index (χ2v) is 6.96. The fourth-order valence-corrected chi connectivity index (χ4v) is 4.06. The molecule has 0 aromatic heterocycles. The lowest BCUT2D eigenvalue weighted by Gasteiger charge is -2.46. The van der Waals surface area contributed by atoms with E-state index in [-0.39, 0.29) is 0 Å². The van der Waals surface area contributed by atoms with Crippen molar-refractivity contribution in [3.63, 3.8) is 0 Å². The quantitative estimate of drug-likeness (QED) is 0.753. The van der Waals surface area contributed by atoms with Gasteiger partial charge < -0.3 is 14.4 Å². The molecule has 128 valence electrons. The van der Waals surface area contributed by atoms with E-state index >= 15 is 0 Å². The van der Waals surface area contributed by atoms with Crippen LogP contribution >= 0.6 is 0 Å². The Morgan fingerprint density at radius 3 is 2.70 bits per heavy atom. The summed E-state index contributed by atoms with van der Waals surface area (Å²) in [6.07, 6.45) is 4.08. The van der Waals surface area contributed by atoms with Crippen molar-refractivity contribution in [2.75, 3.05) is 47.0 Å². The van der Waals surface area contributed by atoms with Gasteiger partial charge in [0.25, 0.3) is 0 Å². The van der Waals surface area contributed by atoms with Gasteiger partial charge in [0.15, 0.2) is 0 Å². The van der Waals surface area contributed by atoms with Crippen LogP contribution in [0.25, 0.3) is 0 Å². The summed E-state index contributed by atoms with van der Waals surface area (Å²) < 4.78 is 10.6. The maximum atomic E-state index is 5.63. The third-order valence-corrected chi connectivity index (χ3v) is 5.32. The van der Waals surface area contributed by atoms with Gasteiger partial charge in [-0.25, -0.2) is 0 Å². The molecule has 0 radical (unpaired) electrons. The lowest BCUT2D eigenvalue weighted by atomic mass is 9.84. The van der Waals surface area contributed by atoms with E-state index in [0.29, 0.717) is 13.2 Å². The molecule has 2 fully saturated rings. The zero-order valence-electron chi connectivity index (χ0n) is 14.5. The molecule has 2 heterocycles. The number of rotatable bonds is 6. The van der Waals surface area contributed by atoms with Crippen molar-refractivity contribution in [2.45, 2.75) is 31.8 Å². The van der Waals surface area contributed by atoms with Gasteiger partial charge in [0, 0.05) is 26.2 Å². The Morgan fingerprint density at radius 1 is 1.09 bits per heavy atom. The monoisotopic (exact) mass is 318 g/mol. The number of nitrogens with zero attached hydrogens (tertiary/aromatic N) is 2. The molecule has 0 saturated carbocycles. The lowest BCUT2D eigenvalue weighted by Crippen LogP contribution is -2.52. The molecule has 4 nitrogen and oxygen atoms in total. The summed E-state index contributed by atoms with van der Waals surface area (Å²) in [7, 11) is 3.99. The van der Waals surface area contributed by atoms with Gasteiger partial charge in [0.1, 0.15) is 12.4 Å². The number of ether oxygens (including phenoxy) is 2. The molecule has 4 heteroatoms. The Bertz CT molecular complexity index is 477. The first kappa shape index (κ1) is 16.7. The van der Waals surface area contributed by atoms with E-state index in [9.17, 15) is 0 Å². The zero-order valence-corrected chi connectivity index (χ0v) is 14.5. The highest BCUT2D eigenvalue weighted by Gasteiger charge is 2.33. The minimum atomic E-state index is 0.610. The fraction of sp³-hybridized carbons (Fsp3) is 0.684. The number of methoxy groups -OCH3 is 1. The fourth-order valence-electron chi connectivity index (χ4n) is 4.06. The first-order chi connectivity index (χ1) is 11.3. The molecule has 0 spiro atoms. The van der Waals surface area contributed by atoms with Gasteiger partial charge in [-0.1, -0.05) is 12.1 Å². The van der Waals surface area contributed by atoms with E-state index in [4.69, 9.17) is 9.47 Å². The Kier molecular flexibility index (Phi) is 5.92. The normalized spacial score (nSPS) is 26.0. The molecule has 2 aliphatic heterocycles. The van der Waals surface area contributed by atoms with E-state index in [1.807, 2.05) is 0 Å². The lowest BCUT2D eigenvalue weighted by molar-refractivity contribution is 0.0355. The molecule has 2 atom stereocenters. The molecule has 1 aromatic rings. The van der Waals surface area contributed by atoms with Crippen LogP contribution in [0.1, 0.15) is 24.8 Å². The van der Waals surface area contributed by atoms with Crippen molar-refractivity contribution in [3.8, 4) is 5.75 Å². The Morgan fingerprint density at radius 2 is 1.91 bits per heavy atom. The van der Waals surface area contributed by atoms with Crippen LogP contribution in [0.5, 0.6) is 5.75 Å². The number of hydrogen-bond donors (Lipinski definition) is 0. The SMILES string of the molecule is COCCOc1ccc(CN2CC[C@H]3[C@@H](CCCN3C)C2)cc1. The number of likely N-dealkylation sites (tertiary alicyclic amines) is 2. The van der Waals surface area contributed by atoms with Crippen LogP contribution in [0.2, 0.25) is 0 Å². The molecule has 2 aliphatic rings. The third-order valence-electron chi connectivity index (χ3n) is 5.32. The van der Waals surface area contributed by atoms with E-state index in [0.717, 1.165) is 24.3 Å². The molecule has 0 aliphatic carbocycles. The second kappa shape index (κ2) is 8.13. The van der Waals surface area contributed by atoms with Crippen molar-refractivity contribution >= 4 is 0 Å². The Balaban J connectivity index is 1.49. The van der Waals surface area contributed by atoms with Crippen LogP contribution in [0, 0.1) is 5.92 Å². The highest BCUT2D eigenvalue weighted by Crippen LogP contribution is 2.30. The molecular weight excluding hydrogens is 288 g/mol. The van der Waals surface area contributed by atoms with Crippen molar-refractivity contribution in [2.24, 2.45) is 5.92 Å². The van der Waals surface area contributed by atoms with Gasteiger partial charge >= 0.3 is 0 Å². The van der Waals surface area contributed by atoms with Gasteiger partial charge in [-0.15, -0.1) is 0 Å². The van der Waals surface area contributed by atoms with Gasteiger partial charge in [-0.2, -0.15) is 0 Å². The summed E-state index contributed by atoms with van der Waals surface area (Å²) in [4.78, 5) is 5.21. The minimum absolute atomic E-state index is 0.610. The Labute approximate surface area is 140 Å². The summed E-state index contributed by atoms with van der Waals surface area (Å²) >= 11 is 0. The summed E-state index contributed by atoms with van der Waals surface area (Å²) in [6.45, 7) is 6.06. The molecule has 0 unspecified atom stereocenters. The maximum Gasteiger partial charge on any atom is 0.119 e. The van der Waals surface area contributed by atoms with Crippen LogP contribution in [-0.4, -0.2) is 62.8 Å². The number of piperidine rings is 2. The standard InChI is InChI=1S/C19H30N2O2/c1-20-10-3-4-17-15-21(11-9-19(17)20)14-16-5-7-18(8-6-16)23-13-12-22-2/h5-8,17,19H,3-4,9-15H2,1-2H3/t17-,19-/m0/s1. The summed E-state index contributed by atoms with van der Waals surface area (Å²) in [5.41, 5.74) is 1.38. The van der Waals surface area contributed by atoms with Crippen LogP contribution in [0.4, 0.5) is 0 Å². The van der Waals surface area contributed by atoms with Crippen LogP contribution < -0.4 is 4.74 Å². The van der Waals surface area contributed by atoms with Crippen LogP contribution in [0.15, 0.2) is 24.3 Å². The van der Waals surface area contributed by atoms with E-state index in [1.165, 1.54) is 44.5 Å². The summed E-state index contributed by atoms with van der Waals surface area (Å²) in [5, 5.41) is 0. The largest absolute Gasteiger partial charge is 0.491 e. The van der Waals surface area contributed by atoms with Gasteiger partial charge in [-0.3, -0.25) is 4.90 Å². The van der Waals surface area contributed by atoms with Crippen molar-refractivity contribution in [3.05, 3.63) is 29.8 Å². The predicted molar refractivity (Wildman–Crippen MR) is 92.8 cm³/mol. The van der Waals surface area contributed by atoms with Gasteiger partial charge in [0.2, 0.25) is 0 Å². The molecular formula is C19H30N2O2. The molecule has 0 N–H and O–H groups in total. The highest BCUT2D eigenvalue weighted by atomic mass is 16.5. The highest BCUT2D eigenvalue weighted by molar-refractivity contribution is 5.27. The summed E-state index contributed by atoms with van der Waals surface area (Å²) in [5.74, 6) is 1.79. The maximum absolute atomic E-state index is 5.63. The third kappa shape index (κ3) is 4.46. The Hall–Kier alpha value is -1.10. The van der Waals surface area contributed by atoms with Crippen molar-refractivity contribution < 1.29 is 9.47 Å². The summed E-state index contributed by atoms with van der Waals surface area (Å²) in [6, 6.07) is 9.36. The molecule has 2 saturated heterocycles. The van der Waals surface area contributed by atoms with Crippen LogP contribution in [0.3, 0.4) is 0 Å². The van der Waals surface area contributed by atoms with Crippen LogP contribution in [-0.2, 0) is 11.3 Å². The van der Waals surface area contributed by atoms with Gasteiger partial charge in [0.05, 0.1) is 6.61 Å².